The topological polar surface area (TPSA) is 51.7 Å². The normalized spacial score (nSPS) is 13.4. The van der Waals surface area contributed by atoms with Crippen molar-refractivity contribution in [3.05, 3.63) is 23.6 Å². The largest absolute Gasteiger partial charge is 0.466 e. The van der Waals surface area contributed by atoms with Crippen LogP contribution in [-0.4, -0.2) is 41.4 Å². The number of halogens is 4. The number of alkyl halides is 3. The second-order valence-corrected chi connectivity index (χ2v) is 6.23. The first-order chi connectivity index (χ1) is 10.8. The van der Waals surface area contributed by atoms with Crippen LogP contribution in [0.2, 0.25) is 0 Å². The number of hydrogen-bond donors (Lipinski definition) is 0. The average molecular weight is 352 g/mol. The summed E-state index contributed by atoms with van der Waals surface area (Å²) >= 11 is 0. The van der Waals surface area contributed by atoms with E-state index in [2.05, 4.69) is 9.72 Å². The van der Waals surface area contributed by atoms with E-state index in [9.17, 15) is 22.4 Å². The van der Waals surface area contributed by atoms with Crippen LogP contribution in [0.15, 0.2) is 12.3 Å². The molecule has 0 aliphatic rings. The van der Waals surface area contributed by atoms with E-state index in [1.807, 2.05) is 0 Å². The summed E-state index contributed by atoms with van der Waals surface area (Å²) in [5, 5.41) is 0. The summed E-state index contributed by atoms with van der Waals surface area (Å²) in [5.41, 5.74) is -0.399. The van der Waals surface area contributed by atoms with Crippen LogP contribution in [0.4, 0.5) is 22.4 Å². The molecule has 0 spiro atoms. The van der Waals surface area contributed by atoms with E-state index in [4.69, 9.17) is 4.74 Å². The number of nitrogens with zero attached hydrogens (tertiary/aromatic N) is 2. The van der Waals surface area contributed by atoms with Crippen molar-refractivity contribution in [1.82, 2.24) is 9.88 Å². The molecule has 0 bridgehead atoms. The minimum Gasteiger partial charge on any atom is -0.466 e. The third-order valence-corrected chi connectivity index (χ3v) is 2.95. The van der Waals surface area contributed by atoms with Crippen LogP contribution in [0.25, 0.3) is 0 Å². The summed E-state index contributed by atoms with van der Waals surface area (Å²) in [6.07, 6.45) is -4.05. The van der Waals surface area contributed by atoms with Gasteiger partial charge in [0.05, 0.1) is 6.04 Å². The van der Waals surface area contributed by atoms with E-state index >= 15 is 0 Å². The minimum atomic E-state index is -4.59. The SMILES string of the molecule is CC(c1cnc(OCC(F)(F)F)c(F)c1)N(C)C(=O)OC(C)(C)C. The number of carbonyl (C=O) groups excluding carboxylic acids is 1. The summed E-state index contributed by atoms with van der Waals surface area (Å²) in [4.78, 5) is 16.8. The van der Waals surface area contributed by atoms with Gasteiger partial charge in [0.25, 0.3) is 5.88 Å². The minimum absolute atomic E-state index is 0.292. The smallest absolute Gasteiger partial charge is 0.422 e. The van der Waals surface area contributed by atoms with Crippen LogP contribution >= 0.6 is 0 Å². The van der Waals surface area contributed by atoms with E-state index in [-0.39, 0.29) is 0 Å². The van der Waals surface area contributed by atoms with E-state index in [0.29, 0.717) is 5.56 Å². The maximum Gasteiger partial charge on any atom is 0.422 e. The fourth-order valence-corrected chi connectivity index (χ4v) is 1.64. The van der Waals surface area contributed by atoms with Crippen LogP contribution in [0.3, 0.4) is 0 Å². The highest BCUT2D eigenvalue weighted by Gasteiger charge is 2.30. The Hall–Kier alpha value is -2.06. The summed E-state index contributed by atoms with van der Waals surface area (Å²) in [5.74, 6) is -1.79. The fourth-order valence-electron chi connectivity index (χ4n) is 1.64. The van der Waals surface area contributed by atoms with Gasteiger partial charge in [-0.2, -0.15) is 13.2 Å². The van der Waals surface area contributed by atoms with E-state index in [0.717, 1.165) is 12.3 Å². The van der Waals surface area contributed by atoms with Crippen molar-refractivity contribution >= 4 is 6.09 Å². The Kier molecular flexibility index (Phi) is 6.02. The number of aromatic nitrogens is 1. The Morgan fingerprint density at radius 1 is 1.33 bits per heavy atom. The quantitative estimate of drug-likeness (QED) is 0.766. The molecule has 1 unspecified atom stereocenters. The van der Waals surface area contributed by atoms with Gasteiger partial charge in [-0.1, -0.05) is 0 Å². The Morgan fingerprint density at radius 3 is 2.38 bits per heavy atom. The molecular formula is C15H20F4N2O3. The van der Waals surface area contributed by atoms with Crippen LogP contribution in [-0.2, 0) is 4.74 Å². The summed E-state index contributed by atoms with van der Waals surface area (Å²) in [6, 6.07) is 0.378. The lowest BCUT2D eigenvalue weighted by molar-refractivity contribution is -0.154. The molecule has 9 heteroatoms. The van der Waals surface area contributed by atoms with Crippen molar-refractivity contribution in [2.24, 2.45) is 0 Å². The highest BCUT2D eigenvalue weighted by molar-refractivity contribution is 5.68. The molecule has 0 aliphatic carbocycles. The van der Waals surface area contributed by atoms with Crippen LogP contribution < -0.4 is 4.74 Å². The third kappa shape index (κ3) is 6.21. The Morgan fingerprint density at radius 2 is 1.92 bits per heavy atom. The van der Waals surface area contributed by atoms with Crippen LogP contribution in [0.5, 0.6) is 5.88 Å². The number of ether oxygens (including phenoxy) is 2. The van der Waals surface area contributed by atoms with E-state index in [1.54, 1.807) is 27.7 Å². The molecule has 0 aliphatic heterocycles. The number of carbonyl (C=O) groups is 1. The van der Waals surface area contributed by atoms with Gasteiger partial charge in [0.15, 0.2) is 12.4 Å². The summed E-state index contributed by atoms with van der Waals surface area (Å²) < 4.78 is 59.6. The Labute approximate surface area is 137 Å². The first-order valence-electron chi connectivity index (χ1n) is 7.11. The Balaban J connectivity index is 2.83. The van der Waals surface area contributed by atoms with Crippen molar-refractivity contribution < 1.29 is 31.8 Å². The number of hydrogen-bond acceptors (Lipinski definition) is 4. The molecule has 1 aromatic rings. The van der Waals surface area contributed by atoms with Gasteiger partial charge in [-0.05, 0) is 39.3 Å². The van der Waals surface area contributed by atoms with Gasteiger partial charge >= 0.3 is 12.3 Å². The average Bonchev–Trinajstić information content (AvgIpc) is 2.41. The molecule has 1 atom stereocenters. The van der Waals surface area contributed by atoms with Crippen molar-refractivity contribution in [2.75, 3.05) is 13.7 Å². The molecule has 136 valence electrons. The lowest BCUT2D eigenvalue weighted by Gasteiger charge is -2.28. The zero-order valence-corrected chi connectivity index (χ0v) is 14.1. The number of pyridine rings is 1. The predicted octanol–water partition coefficient (Wildman–Crippen LogP) is 4.09. The van der Waals surface area contributed by atoms with Crippen LogP contribution in [0.1, 0.15) is 39.3 Å². The molecule has 0 aromatic carbocycles. The molecule has 0 fully saturated rings. The van der Waals surface area contributed by atoms with Gasteiger partial charge in [0, 0.05) is 13.2 Å². The van der Waals surface area contributed by atoms with Gasteiger partial charge in [-0.3, -0.25) is 0 Å². The molecule has 24 heavy (non-hydrogen) atoms. The molecule has 1 aromatic heterocycles. The van der Waals surface area contributed by atoms with Crippen molar-refractivity contribution in [3.63, 3.8) is 0 Å². The highest BCUT2D eigenvalue weighted by Crippen LogP contribution is 2.25. The second kappa shape index (κ2) is 7.23. The molecular weight excluding hydrogens is 332 g/mol. The monoisotopic (exact) mass is 352 g/mol. The van der Waals surface area contributed by atoms with E-state index < -0.39 is 42.2 Å². The first kappa shape index (κ1) is 20.0. The lowest BCUT2D eigenvalue weighted by Crippen LogP contribution is -2.35. The summed E-state index contributed by atoms with van der Waals surface area (Å²) in [6.45, 7) is 5.09. The zero-order valence-electron chi connectivity index (χ0n) is 14.1. The number of rotatable bonds is 4. The standard InChI is InChI=1S/C15H20F4N2O3/c1-9(21(5)13(22)24-14(2,3)4)10-6-11(16)12(20-7-10)23-8-15(17,18)19/h6-7,9H,8H2,1-5H3. The van der Waals surface area contributed by atoms with Gasteiger partial charge in [-0.15, -0.1) is 0 Å². The molecule has 0 N–H and O–H groups in total. The van der Waals surface area contributed by atoms with Crippen molar-refractivity contribution in [2.45, 2.75) is 45.5 Å². The molecule has 1 amide bonds. The highest BCUT2D eigenvalue weighted by atomic mass is 19.4. The second-order valence-electron chi connectivity index (χ2n) is 6.23. The van der Waals surface area contributed by atoms with Gasteiger partial charge in [0.2, 0.25) is 0 Å². The molecule has 1 rings (SSSR count). The fraction of sp³-hybridized carbons (Fsp3) is 0.600. The molecule has 5 nitrogen and oxygen atoms in total. The Bertz CT molecular complexity index is 585. The predicted molar refractivity (Wildman–Crippen MR) is 78.2 cm³/mol. The maximum absolute atomic E-state index is 13.8. The number of amides is 1. The maximum atomic E-state index is 13.8. The van der Waals surface area contributed by atoms with Crippen molar-refractivity contribution in [1.29, 1.82) is 0 Å². The van der Waals surface area contributed by atoms with E-state index in [1.165, 1.54) is 11.9 Å². The first-order valence-corrected chi connectivity index (χ1v) is 7.11. The van der Waals surface area contributed by atoms with Gasteiger partial charge in [0.1, 0.15) is 5.60 Å². The van der Waals surface area contributed by atoms with Crippen molar-refractivity contribution in [3.8, 4) is 5.88 Å². The van der Waals surface area contributed by atoms with Gasteiger partial charge in [-0.25, -0.2) is 14.2 Å². The van der Waals surface area contributed by atoms with Crippen LogP contribution in [0, 0.1) is 5.82 Å². The molecule has 0 saturated carbocycles. The zero-order chi connectivity index (χ0) is 18.7. The lowest BCUT2D eigenvalue weighted by atomic mass is 10.1. The third-order valence-electron chi connectivity index (χ3n) is 2.95. The molecule has 0 radical (unpaired) electrons. The summed E-state index contributed by atoms with van der Waals surface area (Å²) in [7, 11) is 1.46. The van der Waals surface area contributed by atoms with Gasteiger partial charge < -0.3 is 14.4 Å². The molecule has 0 saturated heterocycles. The molecule has 1 heterocycles.